The number of rotatable bonds is 3. The van der Waals surface area contributed by atoms with Crippen molar-refractivity contribution >= 4 is 0 Å². The molecule has 0 aliphatic carbocycles. The average Bonchev–Trinajstić information content (AvgIpc) is 2.52. The van der Waals surface area contributed by atoms with Gasteiger partial charge in [0.25, 0.3) is 5.92 Å². The molecule has 0 aromatic carbocycles. The van der Waals surface area contributed by atoms with E-state index in [1.807, 2.05) is 4.90 Å². The molecule has 2 nitrogen and oxygen atoms in total. The first-order valence-electron chi connectivity index (χ1n) is 6.11. The molecular formula is C12H22F2N2. The first-order chi connectivity index (χ1) is 7.30. The van der Waals surface area contributed by atoms with Crippen LogP contribution in [0.25, 0.3) is 0 Å². The van der Waals surface area contributed by atoms with Gasteiger partial charge in [0.1, 0.15) is 0 Å². The molecule has 0 radical (unpaired) electrons. The van der Waals surface area contributed by atoms with E-state index in [4.69, 9.17) is 0 Å². The summed E-state index contributed by atoms with van der Waals surface area (Å²) in [6, 6.07) is 0. The maximum absolute atomic E-state index is 13.4. The van der Waals surface area contributed by atoms with Crippen molar-refractivity contribution in [3.63, 3.8) is 0 Å². The van der Waals surface area contributed by atoms with Gasteiger partial charge < -0.3 is 5.32 Å². The minimum Gasteiger partial charge on any atom is -0.316 e. The summed E-state index contributed by atoms with van der Waals surface area (Å²) in [7, 11) is 0. The topological polar surface area (TPSA) is 15.3 Å². The fourth-order valence-corrected chi connectivity index (χ4v) is 3.13. The van der Waals surface area contributed by atoms with E-state index in [2.05, 4.69) is 19.2 Å². The van der Waals surface area contributed by atoms with Crippen LogP contribution in [0.4, 0.5) is 8.78 Å². The third-order valence-corrected chi connectivity index (χ3v) is 4.60. The molecule has 0 aromatic heterocycles. The molecule has 0 amide bonds. The molecule has 0 saturated carbocycles. The molecule has 94 valence electrons. The zero-order chi connectivity index (χ0) is 12.0. The molecule has 2 saturated heterocycles. The van der Waals surface area contributed by atoms with Gasteiger partial charge in [-0.1, -0.05) is 20.8 Å². The molecule has 0 bridgehead atoms. The van der Waals surface area contributed by atoms with Gasteiger partial charge in [0.15, 0.2) is 0 Å². The van der Waals surface area contributed by atoms with Gasteiger partial charge in [0.05, 0.1) is 6.54 Å². The van der Waals surface area contributed by atoms with E-state index < -0.39 is 5.92 Å². The lowest BCUT2D eigenvalue weighted by Crippen LogP contribution is -2.38. The van der Waals surface area contributed by atoms with Gasteiger partial charge in [0.2, 0.25) is 0 Å². The lowest BCUT2D eigenvalue weighted by Gasteiger charge is -2.31. The number of alkyl halides is 2. The second kappa shape index (κ2) is 3.64. The number of halogens is 2. The Kier molecular flexibility index (Phi) is 2.78. The highest BCUT2D eigenvalue weighted by Crippen LogP contribution is 2.48. The molecule has 2 atom stereocenters. The minimum atomic E-state index is -2.53. The van der Waals surface area contributed by atoms with Gasteiger partial charge in [-0.15, -0.1) is 0 Å². The van der Waals surface area contributed by atoms with Crippen LogP contribution in [0.3, 0.4) is 0 Å². The normalized spacial score (nSPS) is 40.3. The van der Waals surface area contributed by atoms with Crippen molar-refractivity contribution in [3.05, 3.63) is 0 Å². The highest BCUT2D eigenvalue weighted by molar-refractivity contribution is 5.08. The van der Waals surface area contributed by atoms with Crippen LogP contribution in [0.1, 0.15) is 27.2 Å². The zero-order valence-corrected chi connectivity index (χ0v) is 10.4. The maximum Gasteiger partial charge on any atom is 0.260 e. The van der Waals surface area contributed by atoms with Crippen molar-refractivity contribution in [2.45, 2.75) is 33.1 Å². The summed E-state index contributed by atoms with van der Waals surface area (Å²) < 4.78 is 26.7. The number of hydrogen-bond acceptors (Lipinski definition) is 2. The van der Waals surface area contributed by atoms with Crippen LogP contribution in [0.15, 0.2) is 0 Å². The van der Waals surface area contributed by atoms with Gasteiger partial charge in [-0.05, 0) is 0 Å². The summed E-state index contributed by atoms with van der Waals surface area (Å²) in [4.78, 5) is 1.95. The molecule has 1 N–H and O–H groups in total. The molecule has 2 heterocycles. The fourth-order valence-electron chi connectivity index (χ4n) is 3.13. The van der Waals surface area contributed by atoms with Gasteiger partial charge in [-0.2, -0.15) is 0 Å². The Morgan fingerprint density at radius 3 is 2.12 bits per heavy atom. The van der Waals surface area contributed by atoms with Crippen molar-refractivity contribution in [2.75, 3.05) is 32.7 Å². The number of likely N-dealkylation sites (tertiary alicyclic amines) is 1. The molecule has 0 aromatic rings. The van der Waals surface area contributed by atoms with Crippen LogP contribution in [0, 0.1) is 10.8 Å². The largest absolute Gasteiger partial charge is 0.316 e. The summed E-state index contributed by atoms with van der Waals surface area (Å²) in [6.45, 7) is 9.43. The van der Waals surface area contributed by atoms with E-state index in [0.717, 1.165) is 26.2 Å². The predicted molar refractivity (Wildman–Crippen MR) is 60.8 cm³/mol. The fraction of sp³-hybridized carbons (Fsp3) is 1.00. The Morgan fingerprint density at radius 2 is 1.69 bits per heavy atom. The van der Waals surface area contributed by atoms with Crippen molar-refractivity contribution in [3.8, 4) is 0 Å². The van der Waals surface area contributed by atoms with Gasteiger partial charge in [0, 0.05) is 43.4 Å². The van der Waals surface area contributed by atoms with E-state index in [-0.39, 0.29) is 23.8 Å². The third kappa shape index (κ3) is 1.86. The molecule has 4 heteroatoms. The second-order valence-corrected chi connectivity index (χ2v) is 6.08. The number of hydrogen-bond donors (Lipinski definition) is 1. The molecule has 2 rings (SSSR count). The van der Waals surface area contributed by atoms with Gasteiger partial charge in [-0.25, -0.2) is 8.78 Å². The quantitative estimate of drug-likeness (QED) is 0.800. The lowest BCUT2D eigenvalue weighted by molar-refractivity contribution is -0.0329. The lowest BCUT2D eigenvalue weighted by atomic mass is 9.71. The number of nitrogens with one attached hydrogen (secondary N) is 1. The minimum absolute atomic E-state index is 0.0603. The Morgan fingerprint density at radius 1 is 1.19 bits per heavy atom. The highest BCUT2D eigenvalue weighted by Gasteiger charge is 2.55. The van der Waals surface area contributed by atoms with Crippen molar-refractivity contribution in [1.29, 1.82) is 0 Å². The monoisotopic (exact) mass is 232 g/mol. The molecule has 0 unspecified atom stereocenters. The van der Waals surface area contributed by atoms with Crippen LogP contribution >= 0.6 is 0 Å². The predicted octanol–water partition coefficient (Wildman–Crippen LogP) is 1.96. The van der Waals surface area contributed by atoms with Crippen LogP contribution in [-0.4, -0.2) is 43.5 Å². The summed E-state index contributed by atoms with van der Waals surface area (Å²) in [6.07, 6.45) is -0.0603. The van der Waals surface area contributed by atoms with Gasteiger partial charge in [-0.3, -0.25) is 4.90 Å². The number of fused-ring (bicyclic) bond motifs is 1. The Hall–Kier alpha value is -0.220. The standard InChI is InChI=1S/C12H22F2N2/c1-4-12(13,14)9-16-7-10(2)5-15-6-11(10,3)8-16/h15H,4-9H2,1-3H3/t10-,11+. The van der Waals surface area contributed by atoms with Crippen LogP contribution in [0.2, 0.25) is 0 Å². The van der Waals surface area contributed by atoms with Crippen LogP contribution in [-0.2, 0) is 0 Å². The van der Waals surface area contributed by atoms with E-state index >= 15 is 0 Å². The van der Waals surface area contributed by atoms with E-state index in [0.29, 0.717) is 0 Å². The summed E-state index contributed by atoms with van der Waals surface area (Å²) in [5.74, 6) is -2.53. The summed E-state index contributed by atoms with van der Waals surface area (Å²) in [5, 5.41) is 3.39. The van der Waals surface area contributed by atoms with E-state index in [1.54, 1.807) is 6.92 Å². The third-order valence-electron chi connectivity index (χ3n) is 4.60. The van der Waals surface area contributed by atoms with Crippen LogP contribution < -0.4 is 5.32 Å². The molecule has 2 fully saturated rings. The SMILES string of the molecule is CCC(F)(F)CN1C[C@]2(C)CNC[C@]2(C)C1. The van der Waals surface area contributed by atoms with Crippen LogP contribution in [0.5, 0.6) is 0 Å². The van der Waals surface area contributed by atoms with E-state index in [9.17, 15) is 8.78 Å². The first kappa shape index (κ1) is 12.2. The zero-order valence-electron chi connectivity index (χ0n) is 10.4. The Bertz CT molecular complexity index is 264. The molecule has 16 heavy (non-hydrogen) atoms. The second-order valence-electron chi connectivity index (χ2n) is 6.08. The van der Waals surface area contributed by atoms with Crippen molar-refractivity contribution in [1.82, 2.24) is 10.2 Å². The number of nitrogens with zero attached hydrogens (tertiary/aromatic N) is 1. The first-order valence-corrected chi connectivity index (χ1v) is 6.11. The smallest absolute Gasteiger partial charge is 0.260 e. The van der Waals surface area contributed by atoms with Crippen molar-refractivity contribution in [2.24, 2.45) is 10.8 Å². The summed E-state index contributed by atoms with van der Waals surface area (Å²) >= 11 is 0. The maximum atomic E-state index is 13.4. The molecule has 2 aliphatic rings. The molecule has 2 aliphatic heterocycles. The average molecular weight is 232 g/mol. The molecule has 0 spiro atoms. The van der Waals surface area contributed by atoms with Crippen molar-refractivity contribution < 1.29 is 8.78 Å². The van der Waals surface area contributed by atoms with E-state index in [1.165, 1.54) is 0 Å². The van der Waals surface area contributed by atoms with Gasteiger partial charge >= 0.3 is 0 Å². The highest BCUT2D eigenvalue weighted by atomic mass is 19.3. The Labute approximate surface area is 96.4 Å². The molecular weight excluding hydrogens is 210 g/mol. The summed E-state index contributed by atoms with van der Waals surface area (Å²) in [5.41, 5.74) is 0.327. The Balaban J connectivity index is 2.03.